The normalized spacial score (nSPS) is 24.2. The van der Waals surface area contributed by atoms with E-state index < -0.39 is 11.9 Å². The minimum Gasteiger partial charge on any atom is -0.392 e. The first-order valence-electron chi connectivity index (χ1n) is 13.0. The zero-order valence-corrected chi connectivity index (χ0v) is 21.7. The summed E-state index contributed by atoms with van der Waals surface area (Å²) in [6.07, 6.45) is 1.41. The van der Waals surface area contributed by atoms with Crippen LogP contribution in [0.5, 0.6) is 0 Å². The number of hydrogen-bond donors (Lipinski definition) is 3. The minimum atomic E-state index is -0.831. The van der Waals surface area contributed by atoms with Crippen LogP contribution in [0.3, 0.4) is 0 Å². The summed E-state index contributed by atoms with van der Waals surface area (Å²) in [5, 5.41) is 21.4. The quantitative estimate of drug-likeness (QED) is 0.412. The van der Waals surface area contributed by atoms with Crippen LogP contribution in [-0.4, -0.2) is 40.9 Å². The van der Waals surface area contributed by atoms with E-state index in [-0.39, 0.29) is 18.8 Å². The molecule has 2 saturated heterocycles. The van der Waals surface area contributed by atoms with Crippen molar-refractivity contribution in [1.82, 2.24) is 4.90 Å². The van der Waals surface area contributed by atoms with E-state index >= 15 is 0 Å². The molecule has 3 atom stereocenters. The summed E-state index contributed by atoms with van der Waals surface area (Å²) < 4.78 is 12.9. The van der Waals surface area contributed by atoms with E-state index in [4.69, 9.17) is 26.8 Å². The van der Waals surface area contributed by atoms with Gasteiger partial charge in [-0.3, -0.25) is 0 Å². The number of piperidine rings is 1. The van der Waals surface area contributed by atoms with Crippen LogP contribution in [0.2, 0.25) is 5.02 Å². The van der Waals surface area contributed by atoms with Gasteiger partial charge in [0.2, 0.25) is 0 Å². The molecule has 2 heterocycles. The lowest BCUT2D eigenvalue weighted by Crippen LogP contribution is -2.46. The molecule has 3 aromatic carbocycles. The zero-order valence-electron chi connectivity index (χ0n) is 20.9. The summed E-state index contributed by atoms with van der Waals surface area (Å²) in [4.78, 5) is 2.38. The van der Waals surface area contributed by atoms with Crippen molar-refractivity contribution in [2.24, 2.45) is 5.73 Å². The van der Waals surface area contributed by atoms with Crippen LogP contribution < -0.4 is 5.73 Å². The van der Waals surface area contributed by atoms with Crippen LogP contribution in [0, 0.1) is 0 Å². The number of nitrogens with zero attached hydrogens (tertiary/aromatic N) is 1. The van der Waals surface area contributed by atoms with Crippen LogP contribution in [0.15, 0.2) is 72.8 Å². The van der Waals surface area contributed by atoms with Crippen LogP contribution >= 0.6 is 11.6 Å². The number of ether oxygens (including phenoxy) is 2. The zero-order chi connectivity index (χ0) is 25.8. The summed E-state index contributed by atoms with van der Waals surface area (Å²) in [5.74, 6) is 0. The largest absolute Gasteiger partial charge is 0.392 e. The van der Waals surface area contributed by atoms with E-state index in [1.807, 2.05) is 72.8 Å². The third-order valence-electron chi connectivity index (χ3n) is 7.63. The number of aliphatic hydroxyl groups excluding tert-OH is 1. The number of aliphatic hydroxyl groups is 2. The lowest BCUT2D eigenvalue weighted by Gasteiger charge is -2.42. The monoisotopic (exact) mass is 522 g/mol. The van der Waals surface area contributed by atoms with Gasteiger partial charge in [0.15, 0.2) is 6.29 Å². The maximum Gasteiger partial charge on any atom is 0.184 e. The number of nitrogens with two attached hydrogens (primary N) is 1. The van der Waals surface area contributed by atoms with Crippen molar-refractivity contribution in [1.29, 1.82) is 0 Å². The number of rotatable bonds is 7. The molecule has 0 amide bonds. The molecule has 3 aromatic rings. The van der Waals surface area contributed by atoms with E-state index in [1.165, 1.54) is 0 Å². The summed E-state index contributed by atoms with van der Waals surface area (Å²) >= 11 is 6.04. The Labute approximate surface area is 223 Å². The van der Waals surface area contributed by atoms with Crippen molar-refractivity contribution < 1.29 is 19.7 Å². The van der Waals surface area contributed by atoms with Crippen LogP contribution in [-0.2, 0) is 28.2 Å². The maximum absolute atomic E-state index is 11.3. The molecule has 0 aromatic heterocycles. The molecule has 2 fully saturated rings. The lowest BCUT2D eigenvalue weighted by molar-refractivity contribution is -0.253. The van der Waals surface area contributed by atoms with Crippen molar-refractivity contribution in [2.45, 2.75) is 56.5 Å². The summed E-state index contributed by atoms with van der Waals surface area (Å²) in [6, 6.07) is 23.5. The fourth-order valence-corrected chi connectivity index (χ4v) is 5.41. The van der Waals surface area contributed by atoms with Gasteiger partial charge >= 0.3 is 0 Å². The highest BCUT2D eigenvalue weighted by Crippen LogP contribution is 2.39. The highest BCUT2D eigenvalue weighted by atomic mass is 35.5. The molecule has 0 radical (unpaired) electrons. The maximum atomic E-state index is 11.3. The average Bonchev–Trinajstić information content (AvgIpc) is 2.94. The Morgan fingerprint density at radius 3 is 2.11 bits per heavy atom. The highest BCUT2D eigenvalue weighted by molar-refractivity contribution is 6.30. The number of likely N-dealkylation sites (tertiary alicyclic amines) is 1. The first kappa shape index (κ1) is 26.3. The molecule has 0 bridgehead atoms. The molecular formula is C30H35ClN2O4. The first-order chi connectivity index (χ1) is 18.0. The Hall–Kier alpha value is -2.29. The van der Waals surface area contributed by atoms with Crippen molar-refractivity contribution in [3.63, 3.8) is 0 Å². The molecule has 5 rings (SSSR count). The van der Waals surface area contributed by atoms with E-state index in [0.29, 0.717) is 24.4 Å². The third kappa shape index (κ3) is 6.24. The van der Waals surface area contributed by atoms with Gasteiger partial charge in [-0.15, -0.1) is 0 Å². The first-order valence-corrected chi connectivity index (χ1v) is 13.3. The highest BCUT2D eigenvalue weighted by Gasteiger charge is 2.37. The SMILES string of the molecule is NCc1ccc([C@H]2O[C@@H](CN3CCC(O)(c4ccc(Cl)cc4)CC3)C[C@@H](c3ccc(CO)cc3)O2)cc1. The van der Waals surface area contributed by atoms with Crippen LogP contribution in [0.1, 0.15) is 59.5 Å². The number of hydrogen-bond acceptors (Lipinski definition) is 6. The second-order valence-electron chi connectivity index (χ2n) is 10.1. The molecule has 2 aliphatic rings. The Kier molecular flexibility index (Phi) is 8.27. The van der Waals surface area contributed by atoms with Crippen LogP contribution in [0.25, 0.3) is 0 Å². The Balaban J connectivity index is 1.29. The lowest BCUT2D eigenvalue weighted by atomic mass is 9.84. The molecule has 0 unspecified atom stereocenters. The topological polar surface area (TPSA) is 88.2 Å². The minimum absolute atomic E-state index is 0.0188. The Morgan fingerprint density at radius 2 is 1.49 bits per heavy atom. The third-order valence-corrected chi connectivity index (χ3v) is 7.88. The van der Waals surface area contributed by atoms with Gasteiger partial charge in [0.25, 0.3) is 0 Å². The fraction of sp³-hybridized carbons (Fsp3) is 0.400. The molecular weight excluding hydrogens is 488 g/mol. The molecule has 0 aliphatic carbocycles. The van der Waals surface area contributed by atoms with Crippen LogP contribution in [0.4, 0.5) is 0 Å². The molecule has 0 saturated carbocycles. The summed E-state index contributed by atoms with van der Waals surface area (Å²) in [6.45, 7) is 2.84. The van der Waals surface area contributed by atoms with Crippen molar-refractivity contribution in [3.05, 3.63) is 106 Å². The summed E-state index contributed by atoms with van der Waals surface area (Å²) in [7, 11) is 0. The van der Waals surface area contributed by atoms with Gasteiger partial charge in [0.1, 0.15) is 0 Å². The molecule has 0 spiro atoms. The predicted octanol–water partition coefficient (Wildman–Crippen LogP) is 4.82. The van der Waals surface area contributed by atoms with E-state index in [9.17, 15) is 10.2 Å². The van der Waals surface area contributed by atoms with Gasteiger partial charge in [-0.25, -0.2) is 0 Å². The van der Waals surface area contributed by atoms with E-state index in [2.05, 4.69) is 4.90 Å². The summed E-state index contributed by atoms with van der Waals surface area (Å²) in [5.41, 5.74) is 9.85. The Morgan fingerprint density at radius 1 is 0.865 bits per heavy atom. The van der Waals surface area contributed by atoms with Crippen molar-refractivity contribution >= 4 is 11.6 Å². The fourth-order valence-electron chi connectivity index (χ4n) is 5.29. The second kappa shape index (κ2) is 11.6. The van der Waals surface area contributed by atoms with E-state index in [0.717, 1.165) is 53.9 Å². The van der Waals surface area contributed by atoms with Gasteiger partial charge in [-0.2, -0.15) is 0 Å². The van der Waals surface area contributed by atoms with Gasteiger partial charge in [-0.05, 0) is 47.2 Å². The van der Waals surface area contributed by atoms with Gasteiger partial charge < -0.3 is 30.3 Å². The molecule has 2 aliphatic heterocycles. The predicted molar refractivity (Wildman–Crippen MR) is 144 cm³/mol. The van der Waals surface area contributed by atoms with Gasteiger partial charge in [-0.1, -0.05) is 72.3 Å². The smallest absolute Gasteiger partial charge is 0.184 e. The van der Waals surface area contributed by atoms with Crippen molar-refractivity contribution in [2.75, 3.05) is 19.6 Å². The molecule has 4 N–H and O–H groups in total. The number of benzene rings is 3. The number of halogens is 1. The Bertz CT molecular complexity index is 1090. The molecule has 6 nitrogen and oxygen atoms in total. The van der Waals surface area contributed by atoms with Gasteiger partial charge in [0.05, 0.1) is 24.4 Å². The van der Waals surface area contributed by atoms with Crippen molar-refractivity contribution in [3.8, 4) is 0 Å². The van der Waals surface area contributed by atoms with Gasteiger partial charge in [0, 0.05) is 43.2 Å². The standard InChI is InChI=1S/C30H35ClN2O4/c31-26-11-9-25(10-12-26)30(35)13-15-33(16-14-30)19-27-17-28(23-5-3-22(20-34)4-6-23)37-29(36-27)24-7-1-21(18-32)2-8-24/h1-12,27-29,34-35H,13-20,32H2/t27-,28+,29+/m1/s1. The molecule has 7 heteroatoms. The second-order valence-corrected chi connectivity index (χ2v) is 10.6. The average molecular weight is 523 g/mol. The van der Waals surface area contributed by atoms with E-state index in [1.54, 1.807) is 0 Å². The molecule has 37 heavy (non-hydrogen) atoms. The molecule has 196 valence electrons.